The molecule has 0 atom stereocenters. The molecule has 0 bridgehead atoms. The van der Waals surface area contributed by atoms with Gasteiger partial charge in [-0.3, -0.25) is 0 Å². The molecule has 0 aliphatic rings. The first kappa shape index (κ1) is 8.27. The molecule has 10 heavy (non-hydrogen) atoms. The van der Waals surface area contributed by atoms with Gasteiger partial charge < -0.3 is 5.32 Å². The van der Waals surface area contributed by atoms with E-state index in [-0.39, 0.29) is 5.96 Å². The summed E-state index contributed by atoms with van der Waals surface area (Å²) in [4.78, 5) is 19.1. The van der Waals surface area contributed by atoms with Gasteiger partial charge in [-0.15, -0.1) is 4.91 Å². The fourth-order valence-electron chi connectivity index (χ4n) is 0.253. The van der Waals surface area contributed by atoms with Crippen LogP contribution in [-0.4, -0.2) is 18.0 Å². The van der Waals surface area contributed by atoms with Crippen LogP contribution in [0.25, 0.3) is 0 Å². The number of nitro groups is 1. The number of hydrogen-bond donors (Lipinski definition) is 2. The van der Waals surface area contributed by atoms with Gasteiger partial charge in [-0.1, -0.05) is 0 Å². The molecule has 8 nitrogen and oxygen atoms in total. The zero-order valence-corrected chi connectivity index (χ0v) is 5.07. The highest BCUT2D eigenvalue weighted by atomic mass is 16.7. The van der Waals surface area contributed by atoms with E-state index in [0.29, 0.717) is 0 Å². The highest BCUT2D eigenvalue weighted by molar-refractivity contribution is 5.78. The summed E-state index contributed by atoms with van der Waals surface area (Å²) in [5.41, 5.74) is 1.73. The molecule has 0 aliphatic carbocycles. The first-order valence-electron chi connectivity index (χ1n) is 2.19. The Labute approximate surface area is 55.4 Å². The van der Waals surface area contributed by atoms with Crippen LogP contribution in [0, 0.1) is 15.0 Å². The van der Waals surface area contributed by atoms with Gasteiger partial charge in [0.05, 0.1) is 5.29 Å². The van der Waals surface area contributed by atoms with Gasteiger partial charge in [0, 0.05) is 7.05 Å². The van der Waals surface area contributed by atoms with Crippen LogP contribution in [0.4, 0.5) is 0 Å². The van der Waals surface area contributed by atoms with E-state index in [9.17, 15) is 15.0 Å². The van der Waals surface area contributed by atoms with Crippen molar-refractivity contribution in [3.05, 3.63) is 15.0 Å². The molecule has 56 valence electrons. The second-order valence-corrected chi connectivity index (χ2v) is 1.14. The monoisotopic (exact) mass is 147 g/mol. The second kappa shape index (κ2) is 4.18. The molecule has 0 saturated carbocycles. The molecule has 0 radical (unpaired) electrons. The molecule has 0 aliphatic heterocycles. The summed E-state index contributed by atoms with van der Waals surface area (Å²) in [5, 5.41) is 15.8. The van der Waals surface area contributed by atoms with Crippen LogP contribution in [0.3, 0.4) is 0 Å². The van der Waals surface area contributed by atoms with Crippen molar-refractivity contribution in [3.8, 4) is 0 Å². The number of nitroso groups, excluding NO2 is 1. The summed E-state index contributed by atoms with van der Waals surface area (Å²) >= 11 is 0. The number of hydrazone groups is 1. The highest BCUT2D eigenvalue weighted by Gasteiger charge is 1.98. The van der Waals surface area contributed by atoms with Gasteiger partial charge in [0.1, 0.15) is 5.10 Å². The Balaban J connectivity index is 4.03. The van der Waals surface area contributed by atoms with Crippen molar-refractivity contribution in [2.24, 2.45) is 10.4 Å². The van der Waals surface area contributed by atoms with Gasteiger partial charge in [0.2, 0.25) is 0 Å². The van der Waals surface area contributed by atoms with E-state index in [1.165, 1.54) is 7.05 Å². The van der Waals surface area contributed by atoms with Crippen molar-refractivity contribution in [1.29, 1.82) is 0 Å². The molecule has 2 N–H and O–H groups in total. The quantitative estimate of drug-likeness (QED) is 0.171. The van der Waals surface area contributed by atoms with Crippen molar-refractivity contribution in [3.63, 3.8) is 0 Å². The fourth-order valence-corrected chi connectivity index (χ4v) is 0.253. The summed E-state index contributed by atoms with van der Waals surface area (Å²) in [6.45, 7) is 0. The maximum atomic E-state index is 9.64. The Bertz CT molecular complexity index is 164. The summed E-state index contributed by atoms with van der Waals surface area (Å²) in [6, 6.07) is 0. The first-order chi connectivity index (χ1) is 4.70. The van der Waals surface area contributed by atoms with Crippen LogP contribution in [-0.2, 0) is 0 Å². The van der Waals surface area contributed by atoms with E-state index in [0.717, 1.165) is 0 Å². The molecule has 0 aromatic carbocycles. The number of hydrogen-bond acceptors (Lipinski definition) is 4. The van der Waals surface area contributed by atoms with Gasteiger partial charge in [0.15, 0.2) is 5.03 Å². The minimum Gasteiger partial charge on any atom is -0.353 e. The Morgan fingerprint density at radius 3 is 2.60 bits per heavy atom. The van der Waals surface area contributed by atoms with Crippen molar-refractivity contribution in [2.45, 2.75) is 0 Å². The first-order valence-corrected chi connectivity index (χ1v) is 2.19. The van der Waals surface area contributed by atoms with Crippen LogP contribution >= 0.6 is 0 Å². The SMILES string of the molecule is CNC(=N[N+](=O)[O-])NN=O. The van der Waals surface area contributed by atoms with Crippen molar-refractivity contribution in [2.75, 3.05) is 7.05 Å². The zero-order chi connectivity index (χ0) is 7.98. The molecule has 0 aromatic heterocycles. The third kappa shape index (κ3) is 3.29. The molecule has 0 saturated heterocycles. The lowest BCUT2D eigenvalue weighted by molar-refractivity contribution is -0.485. The van der Waals surface area contributed by atoms with Crippen LogP contribution in [0.5, 0.6) is 0 Å². The predicted molar refractivity (Wildman–Crippen MR) is 32.4 cm³/mol. The third-order valence-corrected chi connectivity index (χ3v) is 0.570. The molecule has 0 spiro atoms. The van der Waals surface area contributed by atoms with E-state index >= 15 is 0 Å². The molecule has 0 amide bonds. The predicted octanol–water partition coefficient (Wildman–Crippen LogP) is -0.975. The standard InChI is InChI=1S/C2H5N5O3/c1-3-2(4-6-8)5-7(9)10/h1H3,(H2,3,4,5,8). The third-order valence-electron chi connectivity index (χ3n) is 0.570. The van der Waals surface area contributed by atoms with Gasteiger partial charge in [-0.2, -0.15) is 0 Å². The van der Waals surface area contributed by atoms with Crippen LogP contribution < -0.4 is 10.7 Å². The van der Waals surface area contributed by atoms with Gasteiger partial charge in [-0.25, -0.2) is 15.5 Å². The number of nitrogens with zero attached hydrogens (tertiary/aromatic N) is 3. The fraction of sp³-hybridized carbons (Fsp3) is 0.500. The van der Waals surface area contributed by atoms with Crippen LogP contribution in [0.2, 0.25) is 0 Å². The van der Waals surface area contributed by atoms with Gasteiger partial charge in [-0.05, 0) is 0 Å². The van der Waals surface area contributed by atoms with E-state index in [1.807, 2.05) is 0 Å². The molecule has 0 fully saturated rings. The summed E-state index contributed by atoms with van der Waals surface area (Å²) < 4.78 is 0. The van der Waals surface area contributed by atoms with E-state index in [4.69, 9.17) is 0 Å². The average molecular weight is 147 g/mol. The smallest absolute Gasteiger partial charge is 0.291 e. The Kier molecular flexibility index (Phi) is 3.46. The lowest BCUT2D eigenvalue weighted by Gasteiger charge is -1.93. The molecular formula is C2H5N5O3. The molecule has 0 rings (SSSR count). The summed E-state index contributed by atoms with van der Waals surface area (Å²) in [7, 11) is 1.36. The van der Waals surface area contributed by atoms with E-state index in [1.54, 1.807) is 5.43 Å². The minimum absolute atomic E-state index is 0.306. The van der Waals surface area contributed by atoms with Crippen molar-refractivity contribution >= 4 is 5.96 Å². The normalized spacial score (nSPS) is 10.3. The second-order valence-electron chi connectivity index (χ2n) is 1.14. The van der Waals surface area contributed by atoms with Crippen molar-refractivity contribution < 1.29 is 5.03 Å². The molecule has 0 aromatic rings. The van der Waals surface area contributed by atoms with Gasteiger partial charge in [0.25, 0.3) is 5.96 Å². The highest BCUT2D eigenvalue weighted by Crippen LogP contribution is 1.70. The van der Waals surface area contributed by atoms with E-state index < -0.39 is 5.03 Å². The Morgan fingerprint density at radius 2 is 2.30 bits per heavy atom. The number of nitrogens with one attached hydrogen (secondary N) is 2. The topological polar surface area (TPSA) is 109 Å². The minimum atomic E-state index is -0.954. The zero-order valence-electron chi connectivity index (χ0n) is 5.07. The molecule has 0 heterocycles. The largest absolute Gasteiger partial charge is 0.353 e. The van der Waals surface area contributed by atoms with E-state index in [2.05, 4.69) is 15.7 Å². The average Bonchev–Trinajstić information content (AvgIpc) is 1.86. The summed E-state index contributed by atoms with van der Waals surface area (Å²) in [5.74, 6) is -0.306. The lowest BCUT2D eigenvalue weighted by atomic mass is 11.0. The molecular weight excluding hydrogens is 142 g/mol. The van der Waals surface area contributed by atoms with Gasteiger partial charge >= 0.3 is 0 Å². The Morgan fingerprint density at radius 1 is 1.70 bits per heavy atom. The summed E-state index contributed by atoms with van der Waals surface area (Å²) in [6.07, 6.45) is 0. The van der Waals surface area contributed by atoms with Crippen molar-refractivity contribution in [1.82, 2.24) is 10.7 Å². The maximum Gasteiger partial charge on any atom is 0.291 e. The van der Waals surface area contributed by atoms with Crippen LogP contribution in [0.1, 0.15) is 0 Å². The molecule has 8 heteroatoms. The number of rotatable bonds is 2. The maximum absolute atomic E-state index is 9.64. The Hall–Kier alpha value is -1.73. The number of guanidine groups is 1. The lowest BCUT2D eigenvalue weighted by Crippen LogP contribution is -2.31. The molecule has 0 unspecified atom stereocenters. The van der Waals surface area contributed by atoms with Crippen LogP contribution in [0.15, 0.2) is 10.4 Å².